The fourth-order valence-corrected chi connectivity index (χ4v) is 4.11. The first kappa shape index (κ1) is 21.6. The molecule has 4 rings (SSSR count). The molecule has 1 aliphatic rings. The number of anilines is 1. The van der Waals surface area contributed by atoms with E-state index < -0.39 is 17.7 Å². The van der Waals surface area contributed by atoms with Crippen LogP contribution in [-0.4, -0.2) is 36.0 Å². The lowest BCUT2D eigenvalue weighted by molar-refractivity contribution is -0.132. The number of nitrogens with zero attached hydrogens (tertiary/aromatic N) is 2. The number of pyridine rings is 1. The molecule has 7 nitrogen and oxygen atoms in total. The van der Waals surface area contributed by atoms with Crippen molar-refractivity contribution >= 4 is 39.1 Å². The van der Waals surface area contributed by atoms with Crippen molar-refractivity contribution in [2.75, 3.05) is 19.1 Å². The van der Waals surface area contributed by atoms with Crippen LogP contribution in [0.15, 0.2) is 77.0 Å². The van der Waals surface area contributed by atoms with E-state index in [4.69, 9.17) is 9.47 Å². The summed E-state index contributed by atoms with van der Waals surface area (Å²) in [6.45, 7) is 0. The Morgan fingerprint density at radius 2 is 1.88 bits per heavy atom. The summed E-state index contributed by atoms with van der Waals surface area (Å²) in [6.07, 6.45) is 3.16. The molecule has 1 unspecified atom stereocenters. The Morgan fingerprint density at radius 1 is 1.06 bits per heavy atom. The van der Waals surface area contributed by atoms with Crippen LogP contribution >= 0.6 is 15.9 Å². The molecule has 1 aliphatic heterocycles. The third-order valence-corrected chi connectivity index (χ3v) is 5.69. The minimum Gasteiger partial charge on any atom is -0.507 e. The number of carbonyl (C=O) groups excluding carboxylic acids is 2. The van der Waals surface area contributed by atoms with E-state index in [-0.39, 0.29) is 16.9 Å². The van der Waals surface area contributed by atoms with E-state index in [1.165, 1.54) is 19.1 Å². The monoisotopic (exact) mass is 494 g/mol. The van der Waals surface area contributed by atoms with Crippen LogP contribution in [0.25, 0.3) is 5.76 Å². The highest BCUT2D eigenvalue weighted by Gasteiger charge is 2.47. The Hall–Kier alpha value is -3.65. The molecule has 1 N–H and O–H groups in total. The maximum Gasteiger partial charge on any atom is 0.300 e. The lowest BCUT2D eigenvalue weighted by Gasteiger charge is -2.25. The third-order valence-electron chi connectivity index (χ3n) is 5.19. The second kappa shape index (κ2) is 8.84. The molecule has 162 valence electrons. The zero-order valence-electron chi connectivity index (χ0n) is 17.3. The van der Waals surface area contributed by atoms with Crippen LogP contribution in [0.3, 0.4) is 0 Å². The number of Topliss-reactive ketones (excluding diaryl/α,β-unsaturated/α-hetero) is 1. The Bertz CT molecular complexity index is 1230. The third kappa shape index (κ3) is 3.73. The molecule has 1 saturated heterocycles. The number of amides is 1. The second-order valence-electron chi connectivity index (χ2n) is 7.00. The minimum atomic E-state index is -0.881. The van der Waals surface area contributed by atoms with Gasteiger partial charge in [0.15, 0.2) is 0 Å². The van der Waals surface area contributed by atoms with Crippen molar-refractivity contribution in [3.63, 3.8) is 0 Å². The Balaban J connectivity index is 1.98. The molecule has 0 saturated carbocycles. The SMILES string of the molecule is COc1ccc(OC)c(/C(O)=C2\C(=O)C(=O)N(c3cccc(Br)c3)C2c2cccnc2)c1. The number of ether oxygens (including phenoxy) is 2. The normalized spacial score (nSPS) is 17.5. The van der Waals surface area contributed by atoms with Gasteiger partial charge in [-0.15, -0.1) is 0 Å². The van der Waals surface area contributed by atoms with Crippen molar-refractivity contribution < 1.29 is 24.2 Å². The van der Waals surface area contributed by atoms with Gasteiger partial charge >= 0.3 is 0 Å². The molecule has 0 radical (unpaired) electrons. The highest BCUT2D eigenvalue weighted by molar-refractivity contribution is 9.10. The smallest absolute Gasteiger partial charge is 0.300 e. The minimum absolute atomic E-state index is 0.0606. The van der Waals surface area contributed by atoms with Crippen molar-refractivity contribution in [3.8, 4) is 11.5 Å². The van der Waals surface area contributed by atoms with Gasteiger partial charge in [-0.2, -0.15) is 0 Å². The lowest BCUT2D eigenvalue weighted by atomic mass is 9.95. The lowest BCUT2D eigenvalue weighted by Crippen LogP contribution is -2.29. The average molecular weight is 495 g/mol. The van der Waals surface area contributed by atoms with Gasteiger partial charge < -0.3 is 14.6 Å². The van der Waals surface area contributed by atoms with Crippen molar-refractivity contribution in [1.82, 2.24) is 4.98 Å². The maximum absolute atomic E-state index is 13.2. The number of methoxy groups -OCH3 is 2. The Labute approximate surface area is 193 Å². The van der Waals surface area contributed by atoms with E-state index in [2.05, 4.69) is 20.9 Å². The number of aliphatic hydroxyl groups excluding tert-OH is 1. The van der Waals surface area contributed by atoms with Crippen molar-refractivity contribution in [2.24, 2.45) is 0 Å². The van der Waals surface area contributed by atoms with E-state index in [1.54, 1.807) is 60.9 Å². The van der Waals surface area contributed by atoms with Crippen LogP contribution in [0.2, 0.25) is 0 Å². The number of benzene rings is 2. The van der Waals surface area contributed by atoms with Gasteiger partial charge in [0.05, 0.1) is 31.4 Å². The molecule has 0 bridgehead atoms. The first-order valence-corrected chi connectivity index (χ1v) is 10.4. The topological polar surface area (TPSA) is 89.0 Å². The number of carbonyl (C=O) groups is 2. The fraction of sp³-hybridized carbons (Fsp3) is 0.125. The molecular weight excluding hydrogens is 476 g/mol. The Kier molecular flexibility index (Phi) is 5.96. The molecule has 8 heteroatoms. The number of rotatable bonds is 5. The summed E-state index contributed by atoms with van der Waals surface area (Å²) in [7, 11) is 2.95. The number of hydrogen-bond donors (Lipinski definition) is 1. The van der Waals surface area contributed by atoms with Crippen molar-refractivity contribution in [1.29, 1.82) is 0 Å². The molecule has 2 heterocycles. The predicted octanol–water partition coefficient (Wildman–Crippen LogP) is 4.49. The van der Waals surface area contributed by atoms with Gasteiger partial charge in [0.1, 0.15) is 17.3 Å². The summed E-state index contributed by atoms with van der Waals surface area (Å²) in [5.41, 5.74) is 1.27. The molecule has 1 fully saturated rings. The van der Waals surface area contributed by atoms with Crippen LogP contribution < -0.4 is 14.4 Å². The molecule has 1 atom stereocenters. The predicted molar refractivity (Wildman–Crippen MR) is 123 cm³/mol. The molecule has 1 amide bonds. The van der Waals surface area contributed by atoms with Gasteiger partial charge in [-0.05, 0) is 48.0 Å². The highest BCUT2D eigenvalue weighted by atomic mass is 79.9. The Morgan fingerprint density at radius 3 is 2.53 bits per heavy atom. The van der Waals surface area contributed by atoms with Gasteiger partial charge in [0.25, 0.3) is 11.7 Å². The number of ketones is 1. The van der Waals surface area contributed by atoms with Gasteiger partial charge in [0, 0.05) is 22.6 Å². The van der Waals surface area contributed by atoms with Crippen molar-refractivity contribution in [3.05, 3.63) is 88.2 Å². The summed E-state index contributed by atoms with van der Waals surface area (Å²) in [4.78, 5) is 31.9. The molecular formula is C24H19BrN2O5. The molecule has 1 aromatic heterocycles. The average Bonchev–Trinajstić information content (AvgIpc) is 3.09. The standard InChI is InChI=1S/C24H19BrN2O5/c1-31-17-8-9-19(32-2)18(12-17)22(28)20-21(14-5-4-10-26-13-14)27(24(30)23(20)29)16-7-3-6-15(25)11-16/h3-13,21,28H,1-2H3/b22-20+. The summed E-state index contributed by atoms with van der Waals surface area (Å²) in [5.74, 6) is -1.11. The zero-order chi connectivity index (χ0) is 22.8. The quantitative estimate of drug-likeness (QED) is 0.319. The zero-order valence-corrected chi connectivity index (χ0v) is 18.9. The van der Waals surface area contributed by atoms with E-state index in [0.29, 0.717) is 22.7 Å². The van der Waals surface area contributed by atoms with Gasteiger partial charge in [0.2, 0.25) is 0 Å². The summed E-state index contributed by atoms with van der Waals surface area (Å²) >= 11 is 3.41. The maximum atomic E-state index is 13.2. The van der Waals surface area contributed by atoms with E-state index in [0.717, 1.165) is 4.47 Å². The largest absolute Gasteiger partial charge is 0.507 e. The molecule has 2 aromatic carbocycles. The van der Waals surface area contributed by atoms with Gasteiger partial charge in [-0.1, -0.05) is 28.1 Å². The van der Waals surface area contributed by atoms with Crippen LogP contribution in [0.1, 0.15) is 17.2 Å². The highest BCUT2D eigenvalue weighted by Crippen LogP contribution is 2.43. The summed E-state index contributed by atoms with van der Waals surface area (Å²) in [6, 6.07) is 14.5. The van der Waals surface area contributed by atoms with Crippen LogP contribution in [-0.2, 0) is 9.59 Å². The van der Waals surface area contributed by atoms with Gasteiger partial charge in [-0.3, -0.25) is 19.5 Å². The number of halogens is 1. The van der Waals surface area contributed by atoms with Crippen molar-refractivity contribution in [2.45, 2.75) is 6.04 Å². The molecule has 0 aliphatic carbocycles. The first-order chi connectivity index (χ1) is 15.5. The second-order valence-corrected chi connectivity index (χ2v) is 7.92. The molecule has 3 aromatic rings. The first-order valence-electron chi connectivity index (χ1n) is 9.65. The molecule has 0 spiro atoms. The van der Waals surface area contributed by atoms with Gasteiger partial charge in [-0.25, -0.2) is 0 Å². The number of hydrogen-bond acceptors (Lipinski definition) is 6. The molecule has 32 heavy (non-hydrogen) atoms. The fourth-order valence-electron chi connectivity index (χ4n) is 3.72. The van der Waals surface area contributed by atoms with E-state index in [9.17, 15) is 14.7 Å². The number of aliphatic hydroxyl groups is 1. The van der Waals surface area contributed by atoms with Crippen LogP contribution in [0.5, 0.6) is 11.5 Å². The summed E-state index contributed by atoms with van der Waals surface area (Å²) < 4.78 is 11.4. The van der Waals surface area contributed by atoms with E-state index >= 15 is 0 Å². The van der Waals surface area contributed by atoms with Crippen LogP contribution in [0, 0.1) is 0 Å². The van der Waals surface area contributed by atoms with E-state index in [1.807, 2.05) is 6.07 Å². The van der Waals surface area contributed by atoms with Crippen LogP contribution in [0.4, 0.5) is 5.69 Å². The summed E-state index contributed by atoms with van der Waals surface area (Å²) in [5, 5.41) is 11.3. The number of aromatic nitrogens is 1.